The van der Waals surface area contributed by atoms with E-state index in [9.17, 15) is 18.0 Å². The molecule has 0 aliphatic carbocycles. The van der Waals surface area contributed by atoms with Crippen LogP contribution in [0.25, 0.3) is 0 Å². The largest absolute Gasteiger partial charge is 0.493 e. The van der Waals surface area contributed by atoms with Gasteiger partial charge in [0, 0.05) is 18.2 Å². The summed E-state index contributed by atoms with van der Waals surface area (Å²) in [5.74, 6) is 0.620. The van der Waals surface area contributed by atoms with Gasteiger partial charge in [-0.25, -0.2) is 0 Å². The van der Waals surface area contributed by atoms with E-state index in [-0.39, 0.29) is 35.7 Å². The number of hydrogen-bond acceptors (Lipinski definition) is 4. The lowest BCUT2D eigenvalue weighted by Crippen LogP contribution is -2.34. The van der Waals surface area contributed by atoms with Crippen LogP contribution in [-0.2, 0) is 4.79 Å². The first-order valence-electron chi connectivity index (χ1n) is 8.66. The number of alkyl halides is 3. The second kappa shape index (κ2) is 10.6. The minimum Gasteiger partial charge on any atom is -0.493 e. The molecule has 0 aromatic heterocycles. The molecule has 1 fully saturated rings. The molecular formula is C18H26ClF3N2O3. The topological polar surface area (TPSA) is 59.6 Å². The van der Waals surface area contributed by atoms with E-state index in [0.717, 1.165) is 25.9 Å². The van der Waals surface area contributed by atoms with Crippen LogP contribution in [0.4, 0.5) is 18.9 Å². The maximum Gasteiger partial charge on any atom is 0.422 e. The van der Waals surface area contributed by atoms with E-state index in [1.54, 1.807) is 6.07 Å². The molecule has 1 amide bonds. The minimum absolute atomic E-state index is 0. The van der Waals surface area contributed by atoms with E-state index in [2.05, 4.69) is 10.6 Å². The molecule has 0 radical (unpaired) electrons. The van der Waals surface area contributed by atoms with Crippen LogP contribution in [0.5, 0.6) is 11.5 Å². The monoisotopic (exact) mass is 410 g/mol. The van der Waals surface area contributed by atoms with E-state index in [1.165, 1.54) is 19.2 Å². The average molecular weight is 411 g/mol. The Morgan fingerprint density at radius 2 is 2.11 bits per heavy atom. The Hall–Kier alpha value is -1.67. The summed E-state index contributed by atoms with van der Waals surface area (Å²) < 4.78 is 46.9. The van der Waals surface area contributed by atoms with Crippen LogP contribution in [0.15, 0.2) is 18.2 Å². The predicted molar refractivity (Wildman–Crippen MR) is 99.8 cm³/mol. The zero-order valence-electron chi connectivity index (χ0n) is 15.4. The van der Waals surface area contributed by atoms with Crippen molar-refractivity contribution in [3.63, 3.8) is 0 Å². The number of piperidine rings is 1. The van der Waals surface area contributed by atoms with Crippen LogP contribution in [-0.4, -0.2) is 38.9 Å². The van der Waals surface area contributed by atoms with Crippen molar-refractivity contribution in [1.29, 1.82) is 0 Å². The number of carbonyl (C=O) groups excluding carboxylic acids is 1. The van der Waals surface area contributed by atoms with E-state index in [1.807, 2.05) is 6.92 Å². The number of benzene rings is 1. The van der Waals surface area contributed by atoms with Crippen molar-refractivity contribution in [2.24, 2.45) is 11.8 Å². The van der Waals surface area contributed by atoms with Crippen LogP contribution in [0.1, 0.15) is 26.2 Å². The second-order valence-electron chi connectivity index (χ2n) is 6.61. The SMILES string of the molecule is COc1ccc(NC(=O)CC(C)C2CCCNC2)cc1OCC(F)(F)F.Cl. The molecule has 2 N–H and O–H groups in total. The Bertz CT molecular complexity index is 608. The number of anilines is 1. The lowest BCUT2D eigenvalue weighted by Gasteiger charge is -2.28. The molecule has 154 valence electrons. The molecule has 2 unspecified atom stereocenters. The summed E-state index contributed by atoms with van der Waals surface area (Å²) in [7, 11) is 1.34. The van der Waals surface area contributed by atoms with Crippen LogP contribution in [0.3, 0.4) is 0 Å². The van der Waals surface area contributed by atoms with Gasteiger partial charge in [-0.2, -0.15) is 13.2 Å². The predicted octanol–water partition coefficient (Wildman–Crippen LogP) is 4.02. The molecule has 2 atom stereocenters. The van der Waals surface area contributed by atoms with Gasteiger partial charge in [0.05, 0.1) is 7.11 Å². The molecule has 0 spiro atoms. The number of ether oxygens (including phenoxy) is 2. The summed E-state index contributed by atoms with van der Waals surface area (Å²) in [6.07, 6.45) is -1.89. The number of hydrogen-bond donors (Lipinski definition) is 2. The van der Waals surface area contributed by atoms with Crippen molar-refractivity contribution in [1.82, 2.24) is 5.32 Å². The van der Waals surface area contributed by atoms with Crippen molar-refractivity contribution in [2.75, 3.05) is 32.1 Å². The van der Waals surface area contributed by atoms with Crippen molar-refractivity contribution >= 4 is 24.0 Å². The summed E-state index contributed by atoms with van der Waals surface area (Å²) in [6.45, 7) is 2.55. The molecule has 2 rings (SSSR count). The van der Waals surface area contributed by atoms with Crippen molar-refractivity contribution in [2.45, 2.75) is 32.4 Å². The second-order valence-corrected chi connectivity index (χ2v) is 6.61. The highest BCUT2D eigenvalue weighted by molar-refractivity contribution is 5.91. The fourth-order valence-corrected chi connectivity index (χ4v) is 3.06. The third kappa shape index (κ3) is 7.84. The normalized spacial score (nSPS) is 18.2. The highest BCUT2D eigenvalue weighted by Crippen LogP contribution is 2.32. The van der Waals surface area contributed by atoms with Gasteiger partial charge in [0.25, 0.3) is 0 Å². The fourth-order valence-electron chi connectivity index (χ4n) is 3.06. The van der Waals surface area contributed by atoms with Crippen LogP contribution in [0, 0.1) is 11.8 Å². The summed E-state index contributed by atoms with van der Waals surface area (Å²) in [5, 5.41) is 6.06. The quantitative estimate of drug-likeness (QED) is 0.712. The number of halogens is 4. The van der Waals surface area contributed by atoms with E-state index >= 15 is 0 Å². The number of rotatable bonds is 7. The van der Waals surface area contributed by atoms with E-state index in [0.29, 0.717) is 18.0 Å². The smallest absolute Gasteiger partial charge is 0.422 e. The molecule has 5 nitrogen and oxygen atoms in total. The molecule has 0 bridgehead atoms. The fraction of sp³-hybridized carbons (Fsp3) is 0.611. The minimum atomic E-state index is -4.45. The van der Waals surface area contributed by atoms with Crippen molar-refractivity contribution < 1.29 is 27.4 Å². The van der Waals surface area contributed by atoms with Gasteiger partial charge in [0.2, 0.25) is 5.91 Å². The zero-order valence-corrected chi connectivity index (χ0v) is 16.2. The standard InChI is InChI=1S/C18H25F3N2O3.ClH/c1-12(13-4-3-7-22-10-13)8-17(24)23-14-5-6-15(25-2)16(9-14)26-11-18(19,20)21;/h5-6,9,12-13,22H,3-4,7-8,10-11H2,1-2H3,(H,23,24);1H. The van der Waals surface area contributed by atoms with Crippen molar-refractivity contribution in [3.8, 4) is 11.5 Å². The Morgan fingerprint density at radius 3 is 2.70 bits per heavy atom. The molecule has 1 aromatic rings. The highest BCUT2D eigenvalue weighted by Gasteiger charge is 2.29. The number of carbonyl (C=O) groups is 1. The van der Waals surface area contributed by atoms with Crippen LogP contribution < -0.4 is 20.1 Å². The number of nitrogens with one attached hydrogen (secondary N) is 2. The van der Waals surface area contributed by atoms with Gasteiger partial charge in [-0.05, 0) is 49.9 Å². The first-order valence-corrected chi connectivity index (χ1v) is 8.66. The molecule has 1 saturated heterocycles. The molecule has 1 aliphatic rings. The van der Waals surface area contributed by atoms with Gasteiger partial charge in [0.1, 0.15) is 0 Å². The number of methoxy groups -OCH3 is 1. The van der Waals surface area contributed by atoms with Gasteiger partial charge < -0.3 is 20.1 Å². The van der Waals surface area contributed by atoms with Gasteiger partial charge in [0.15, 0.2) is 18.1 Å². The maximum atomic E-state index is 12.4. The lowest BCUT2D eigenvalue weighted by molar-refractivity contribution is -0.153. The maximum absolute atomic E-state index is 12.4. The first-order chi connectivity index (χ1) is 12.3. The lowest BCUT2D eigenvalue weighted by atomic mass is 9.85. The first kappa shape index (κ1) is 23.4. The Morgan fingerprint density at radius 1 is 1.37 bits per heavy atom. The van der Waals surface area contributed by atoms with Crippen LogP contribution >= 0.6 is 12.4 Å². The van der Waals surface area contributed by atoms with Gasteiger partial charge in [-0.1, -0.05) is 6.92 Å². The number of amides is 1. The van der Waals surface area contributed by atoms with Gasteiger partial charge in [-0.3, -0.25) is 4.79 Å². The highest BCUT2D eigenvalue weighted by atomic mass is 35.5. The molecule has 1 aliphatic heterocycles. The zero-order chi connectivity index (χ0) is 19.2. The third-order valence-electron chi connectivity index (χ3n) is 4.49. The summed E-state index contributed by atoms with van der Waals surface area (Å²) in [5.41, 5.74) is 0.377. The van der Waals surface area contributed by atoms with Crippen LogP contribution in [0.2, 0.25) is 0 Å². The van der Waals surface area contributed by atoms with E-state index < -0.39 is 12.8 Å². The van der Waals surface area contributed by atoms with E-state index in [4.69, 9.17) is 9.47 Å². The Labute approximate surface area is 163 Å². The van der Waals surface area contributed by atoms with Gasteiger partial charge in [-0.15, -0.1) is 12.4 Å². The summed E-state index contributed by atoms with van der Waals surface area (Å²) in [4.78, 5) is 12.3. The van der Waals surface area contributed by atoms with Crippen molar-refractivity contribution in [3.05, 3.63) is 18.2 Å². The molecule has 1 heterocycles. The average Bonchev–Trinajstić information content (AvgIpc) is 2.60. The summed E-state index contributed by atoms with van der Waals surface area (Å²) in [6, 6.07) is 4.38. The molecule has 0 saturated carbocycles. The molecule has 27 heavy (non-hydrogen) atoms. The molecule has 1 aromatic carbocycles. The third-order valence-corrected chi connectivity index (χ3v) is 4.49. The molecular weight excluding hydrogens is 385 g/mol. The van der Waals surface area contributed by atoms with Gasteiger partial charge >= 0.3 is 6.18 Å². The molecule has 9 heteroatoms. The summed E-state index contributed by atoms with van der Waals surface area (Å²) >= 11 is 0. The Kier molecular flexibility index (Phi) is 9.18. The Balaban J connectivity index is 0.00000364.